The van der Waals surface area contributed by atoms with E-state index in [4.69, 9.17) is 16.2 Å². The molecule has 1 aromatic heterocycles. The number of rotatable bonds is 11. The van der Waals surface area contributed by atoms with Crippen molar-refractivity contribution in [1.29, 1.82) is 0 Å². The van der Waals surface area contributed by atoms with Crippen molar-refractivity contribution in [2.24, 2.45) is 28.3 Å². The highest BCUT2D eigenvalue weighted by atomic mass is 16.7. The van der Waals surface area contributed by atoms with Gasteiger partial charge in [-0.2, -0.15) is 0 Å². The lowest BCUT2D eigenvalue weighted by atomic mass is 9.69. The number of ether oxygens (including phenoxy) is 1. The molecule has 7 heteroatoms. The number of fused-ring (bicyclic) bond motifs is 3. The molecule has 0 saturated heterocycles. The minimum Gasteiger partial charge on any atom is -0.469 e. The van der Waals surface area contributed by atoms with Crippen molar-refractivity contribution in [1.82, 2.24) is 4.57 Å². The predicted octanol–water partition coefficient (Wildman–Crippen LogP) is 7.76. The summed E-state index contributed by atoms with van der Waals surface area (Å²) in [5.41, 5.74) is 6.12. The fraction of sp³-hybridized carbons (Fsp3) is 0.447. The number of hydrogen-bond acceptors (Lipinski definition) is 6. The standard InChI is InChI=1S/C38H42N2O5/c1-4-40-33-13-10-27(23(2)38-21-24-16-25(22-38)18-29(38)17-24)19-30(33)31-20-28(11-14-34(31)40)36(42)32(12-15-35(41)44-3)39-45-37(43)26-8-6-5-7-9-26/h5-6,8,10-11,13-14,19-20,24-25,29,37,43H,2,4,7,9,12,15-18,21-22H2,1,3H3/b39-32-/t24?,25?,29?,37-,38?/m0/s1. The second-order valence-electron chi connectivity index (χ2n) is 13.5. The summed E-state index contributed by atoms with van der Waals surface area (Å²) in [6.07, 6.45) is 12.5. The van der Waals surface area contributed by atoms with Gasteiger partial charge in [-0.15, -0.1) is 0 Å². The Bertz CT molecular complexity index is 1780. The molecule has 4 fully saturated rings. The zero-order valence-corrected chi connectivity index (χ0v) is 26.3. The molecule has 2 aromatic carbocycles. The smallest absolute Gasteiger partial charge is 0.305 e. The van der Waals surface area contributed by atoms with E-state index in [1.54, 1.807) is 12.1 Å². The zero-order valence-electron chi connectivity index (χ0n) is 26.3. The molecule has 3 atom stereocenters. The summed E-state index contributed by atoms with van der Waals surface area (Å²) in [5.74, 6) is 1.68. The topological polar surface area (TPSA) is 90.1 Å². The number of carbonyl (C=O) groups is 2. The molecule has 3 aromatic rings. The lowest BCUT2D eigenvalue weighted by Gasteiger charge is -2.35. The normalized spacial score (nSPS) is 26.0. The number of carbonyl (C=O) groups excluding carboxylic acids is 2. The number of aliphatic hydroxyl groups excluding tert-OH is 1. The molecule has 7 nitrogen and oxygen atoms in total. The van der Waals surface area contributed by atoms with Crippen molar-refractivity contribution in [2.45, 2.75) is 77.5 Å². The average Bonchev–Trinajstić information content (AvgIpc) is 3.62. The summed E-state index contributed by atoms with van der Waals surface area (Å²) in [7, 11) is 1.31. The largest absolute Gasteiger partial charge is 0.469 e. The third-order valence-electron chi connectivity index (χ3n) is 11.1. The Balaban J connectivity index is 1.23. The molecule has 0 aliphatic heterocycles. The number of esters is 1. The number of ketones is 1. The van der Waals surface area contributed by atoms with Crippen LogP contribution in [-0.2, 0) is 20.9 Å². The van der Waals surface area contributed by atoms with Gasteiger partial charge in [-0.1, -0.05) is 36.0 Å². The molecule has 0 radical (unpaired) electrons. The Morgan fingerprint density at radius 1 is 1.04 bits per heavy atom. The van der Waals surface area contributed by atoms with Crippen LogP contribution in [0.4, 0.5) is 0 Å². The van der Waals surface area contributed by atoms with E-state index in [0.717, 1.165) is 52.5 Å². The first kappa shape index (κ1) is 29.7. The van der Waals surface area contributed by atoms with Crippen LogP contribution in [-0.4, -0.2) is 40.5 Å². The number of benzene rings is 2. The van der Waals surface area contributed by atoms with E-state index in [0.29, 0.717) is 17.6 Å². The van der Waals surface area contributed by atoms with Crippen LogP contribution < -0.4 is 0 Å². The Morgan fingerprint density at radius 3 is 2.38 bits per heavy atom. The molecule has 4 saturated carbocycles. The number of methoxy groups -OCH3 is 1. The van der Waals surface area contributed by atoms with E-state index in [2.05, 4.69) is 34.8 Å². The summed E-state index contributed by atoms with van der Waals surface area (Å²) < 4.78 is 7.09. The van der Waals surface area contributed by atoms with Crippen molar-refractivity contribution in [3.8, 4) is 0 Å². The van der Waals surface area contributed by atoms with Gasteiger partial charge in [0.15, 0.2) is 0 Å². The van der Waals surface area contributed by atoms with Crippen molar-refractivity contribution in [3.63, 3.8) is 0 Å². The average molecular weight is 607 g/mol. The van der Waals surface area contributed by atoms with Gasteiger partial charge in [-0.05, 0) is 117 Å². The number of oxime groups is 1. The molecule has 4 bridgehead atoms. The molecule has 45 heavy (non-hydrogen) atoms. The van der Waals surface area contributed by atoms with Crippen LogP contribution in [0.3, 0.4) is 0 Å². The van der Waals surface area contributed by atoms with Crippen molar-refractivity contribution < 1.29 is 24.3 Å². The SMILES string of the molecule is C=C(c1ccc2c(c1)c1cc(C(=O)/C(CCC(=O)OC)=N\O[C@H](O)C3=CC=CCC3)ccc1n2CC)C12CC3CC(CC1C3)C2. The van der Waals surface area contributed by atoms with E-state index in [-0.39, 0.29) is 29.8 Å². The Morgan fingerprint density at radius 2 is 1.73 bits per heavy atom. The maximum atomic E-state index is 13.9. The summed E-state index contributed by atoms with van der Waals surface area (Å²) >= 11 is 0. The zero-order chi connectivity index (χ0) is 31.3. The second-order valence-corrected chi connectivity index (χ2v) is 13.5. The summed E-state index contributed by atoms with van der Waals surface area (Å²) in [6.45, 7) is 7.66. The summed E-state index contributed by atoms with van der Waals surface area (Å²) in [4.78, 5) is 31.3. The Kier molecular flexibility index (Phi) is 7.76. The Labute approximate surface area is 264 Å². The van der Waals surface area contributed by atoms with Crippen LogP contribution in [0.1, 0.15) is 80.6 Å². The van der Waals surface area contributed by atoms with Crippen LogP contribution in [0.15, 0.2) is 71.9 Å². The molecule has 234 valence electrons. The molecule has 0 spiro atoms. The van der Waals surface area contributed by atoms with E-state index in [1.165, 1.54) is 50.4 Å². The highest BCUT2D eigenvalue weighted by molar-refractivity contribution is 6.46. The highest BCUT2D eigenvalue weighted by Gasteiger charge is 2.58. The van der Waals surface area contributed by atoms with Gasteiger partial charge in [0.1, 0.15) is 5.71 Å². The maximum Gasteiger partial charge on any atom is 0.305 e. The molecular weight excluding hydrogens is 564 g/mol. The van der Waals surface area contributed by atoms with Gasteiger partial charge in [0.2, 0.25) is 12.1 Å². The van der Waals surface area contributed by atoms with Crippen LogP contribution in [0.5, 0.6) is 0 Å². The maximum absolute atomic E-state index is 13.9. The fourth-order valence-electron chi connectivity index (χ4n) is 9.05. The number of aliphatic hydroxyl groups is 1. The van der Waals surface area contributed by atoms with Crippen LogP contribution in [0.2, 0.25) is 0 Å². The van der Waals surface area contributed by atoms with E-state index >= 15 is 0 Å². The molecule has 2 unspecified atom stereocenters. The van der Waals surface area contributed by atoms with Gasteiger partial charge in [0.05, 0.1) is 13.5 Å². The molecule has 0 amide bonds. The van der Waals surface area contributed by atoms with Gasteiger partial charge in [0.25, 0.3) is 0 Å². The molecular formula is C38H42N2O5. The predicted molar refractivity (Wildman–Crippen MR) is 177 cm³/mol. The molecule has 5 aliphatic rings. The first-order valence-electron chi connectivity index (χ1n) is 16.4. The van der Waals surface area contributed by atoms with Crippen molar-refractivity contribution in [2.75, 3.05) is 7.11 Å². The quantitative estimate of drug-likeness (QED) is 0.0792. The number of Topliss-reactive ketones (excluding diaryl/α,β-unsaturated/α-hetero) is 1. The van der Waals surface area contributed by atoms with Gasteiger partial charge < -0.3 is 19.2 Å². The van der Waals surface area contributed by atoms with E-state index in [9.17, 15) is 14.7 Å². The van der Waals surface area contributed by atoms with Gasteiger partial charge >= 0.3 is 5.97 Å². The number of aryl methyl sites for hydroxylation is 1. The molecule has 5 aliphatic carbocycles. The Hall–Kier alpha value is -3.97. The summed E-state index contributed by atoms with van der Waals surface area (Å²) in [5, 5.41) is 16.8. The van der Waals surface area contributed by atoms with Crippen LogP contribution >= 0.6 is 0 Å². The number of allylic oxidation sites excluding steroid dienone is 4. The van der Waals surface area contributed by atoms with E-state index < -0.39 is 12.3 Å². The van der Waals surface area contributed by atoms with Crippen molar-refractivity contribution >= 4 is 44.8 Å². The first-order chi connectivity index (χ1) is 21.8. The van der Waals surface area contributed by atoms with Gasteiger partial charge in [-0.25, -0.2) is 0 Å². The minimum atomic E-state index is -1.27. The monoisotopic (exact) mass is 606 g/mol. The van der Waals surface area contributed by atoms with E-state index in [1.807, 2.05) is 24.3 Å². The lowest BCUT2D eigenvalue weighted by Crippen LogP contribution is -2.24. The first-order valence-corrected chi connectivity index (χ1v) is 16.4. The van der Waals surface area contributed by atoms with Gasteiger partial charge in [0, 0.05) is 45.9 Å². The summed E-state index contributed by atoms with van der Waals surface area (Å²) in [6, 6.07) is 12.5. The highest BCUT2D eigenvalue weighted by Crippen LogP contribution is 2.69. The molecule has 8 rings (SSSR count). The lowest BCUT2D eigenvalue weighted by molar-refractivity contribution is -0.140. The number of aromatic nitrogens is 1. The molecule has 1 heterocycles. The fourth-order valence-corrected chi connectivity index (χ4v) is 9.05. The number of nitrogens with zero attached hydrogens (tertiary/aromatic N) is 2. The van der Waals surface area contributed by atoms with Gasteiger partial charge in [-0.3, -0.25) is 9.59 Å². The molecule has 1 N–H and O–H groups in total. The second kappa shape index (κ2) is 11.8. The number of hydrogen-bond donors (Lipinski definition) is 1. The third kappa shape index (κ3) is 5.15. The van der Waals surface area contributed by atoms with Crippen LogP contribution in [0, 0.1) is 23.2 Å². The van der Waals surface area contributed by atoms with Crippen molar-refractivity contribution in [3.05, 3.63) is 77.9 Å². The van der Waals surface area contributed by atoms with Crippen LogP contribution in [0.25, 0.3) is 27.4 Å². The third-order valence-corrected chi connectivity index (χ3v) is 11.1. The minimum absolute atomic E-state index is 0.0285.